The lowest BCUT2D eigenvalue weighted by Gasteiger charge is -2.10. The van der Waals surface area contributed by atoms with Gasteiger partial charge in [0.2, 0.25) is 0 Å². The van der Waals surface area contributed by atoms with E-state index < -0.39 is 17.8 Å². The number of hydrogen-bond acceptors (Lipinski definition) is 3. The second-order valence-electron chi connectivity index (χ2n) is 3.04. The van der Waals surface area contributed by atoms with E-state index in [1.54, 1.807) is 24.3 Å². The van der Waals surface area contributed by atoms with E-state index in [1.165, 1.54) is 6.92 Å². The molecule has 0 aromatic heterocycles. The van der Waals surface area contributed by atoms with Crippen molar-refractivity contribution in [3.05, 3.63) is 30.3 Å². The number of aliphatic carboxylic acids is 1. The molecule has 1 unspecified atom stereocenters. The number of carbonyl (C=O) groups excluding carboxylic acids is 1. The van der Waals surface area contributed by atoms with E-state index in [2.05, 4.69) is 10.9 Å². The maximum atomic E-state index is 11.2. The minimum atomic E-state index is -1.15. The number of para-hydroxylation sites is 1. The van der Waals surface area contributed by atoms with Crippen LogP contribution in [0.5, 0.6) is 0 Å². The van der Waals surface area contributed by atoms with Gasteiger partial charge in [-0.05, 0) is 19.1 Å². The van der Waals surface area contributed by atoms with Crippen LogP contribution in [0.2, 0.25) is 0 Å². The van der Waals surface area contributed by atoms with Crippen molar-refractivity contribution < 1.29 is 14.7 Å². The maximum absolute atomic E-state index is 11.2. The van der Waals surface area contributed by atoms with Crippen molar-refractivity contribution in [2.75, 3.05) is 5.43 Å². The van der Waals surface area contributed by atoms with E-state index in [-0.39, 0.29) is 0 Å². The molecule has 0 aliphatic heterocycles. The summed E-state index contributed by atoms with van der Waals surface area (Å²) >= 11 is 0. The van der Waals surface area contributed by atoms with E-state index in [0.29, 0.717) is 5.69 Å². The Morgan fingerprint density at radius 1 is 1.27 bits per heavy atom. The predicted octanol–water partition coefficient (Wildman–Crippen LogP) is 0.850. The van der Waals surface area contributed by atoms with Crippen LogP contribution in [-0.2, 0) is 9.59 Å². The molecule has 5 nitrogen and oxygen atoms in total. The molecule has 1 aromatic rings. The summed E-state index contributed by atoms with van der Waals surface area (Å²) in [6.45, 7) is 1.32. The van der Waals surface area contributed by atoms with Gasteiger partial charge in [-0.3, -0.25) is 20.4 Å². The fourth-order valence-electron chi connectivity index (χ4n) is 0.876. The third-order valence-electron chi connectivity index (χ3n) is 1.87. The Labute approximate surface area is 87.1 Å². The molecule has 0 aliphatic carbocycles. The highest BCUT2D eigenvalue weighted by Gasteiger charge is 2.19. The molecule has 0 saturated heterocycles. The summed E-state index contributed by atoms with van der Waals surface area (Å²) in [6, 6.07) is 8.95. The molecule has 1 aromatic carbocycles. The molecule has 3 N–H and O–H groups in total. The first-order valence-electron chi connectivity index (χ1n) is 4.45. The summed E-state index contributed by atoms with van der Waals surface area (Å²) in [6.07, 6.45) is 0. The smallest absolute Gasteiger partial charge is 0.315 e. The Hall–Kier alpha value is -2.04. The Morgan fingerprint density at radius 2 is 1.87 bits per heavy atom. The molecule has 80 valence electrons. The predicted molar refractivity (Wildman–Crippen MR) is 55.0 cm³/mol. The van der Waals surface area contributed by atoms with Crippen LogP contribution in [0, 0.1) is 5.92 Å². The van der Waals surface area contributed by atoms with Crippen LogP contribution < -0.4 is 10.9 Å². The van der Waals surface area contributed by atoms with E-state index in [4.69, 9.17) is 5.11 Å². The average Bonchev–Trinajstić information content (AvgIpc) is 2.26. The number of hydrogen-bond donors (Lipinski definition) is 3. The zero-order valence-corrected chi connectivity index (χ0v) is 8.23. The molecular formula is C10H12N2O3. The van der Waals surface area contributed by atoms with Crippen molar-refractivity contribution in [2.45, 2.75) is 6.92 Å². The monoisotopic (exact) mass is 208 g/mol. The zero-order valence-electron chi connectivity index (χ0n) is 8.23. The van der Waals surface area contributed by atoms with Gasteiger partial charge in [0.05, 0.1) is 5.69 Å². The molecule has 1 amide bonds. The van der Waals surface area contributed by atoms with Gasteiger partial charge in [0.15, 0.2) is 0 Å². The van der Waals surface area contributed by atoms with Crippen LogP contribution in [0.4, 0.5) is 5.69 Å². The van der Waals surface area contributed by atoms with E-state index in [9.17, 15) is 9.59 Å². The van der Waals surface area contributed by atoms with Crippen LogP contribution in [0.15, 0.2) is 30.3 Å². The maximum Gasteiger partial charge on any atom is 0.315 e. The van der Waals surface area contributed by atoms with Crippen molar-refractivity contribution in [3.8, 4) is 0 Å². The number of carbonyl (C=O) groups is 2. The Morgan fingerprint density at radius 3 is 2.40 bits per heavy atom. The number of carboxylic acid groups (broad SMARTS) is 1. The quantitative estimate of drug-likeness (QED) is 0.506. The first-order valence-corrected chi connectivity index (χ1v) is 4.45. The molecule has 0 radical (unpaired) electrons. The van der Waals surface area contributed by atoms with Crippen molar-refractivity contribution in [3.63, 3.8) is 0 Å². The molecule has 1 atom stereocenters. The van der Waals surface area contributed by atoms with Crippen LogP contribution in [0.25, 0.3) is 0 Å². The van der Waals surface area contributed by atoms with E-state index in [0.717, 1.165) is 0 Å². The summed E-state index contributed by atoms with van der Waals surface area (Å²) in [5.41, 5.74) is 5.63. The van der Waals surface area contributed by atoms with E-state index >= 15 is 0 Å². The molecule has 0 saturated carbocycles. The van der Waals surface area contributed by atoms with Gasteiger partial charge in [-0.1, -0.05) is 18.2 Å². The highest BCUT2D eigenvalue weighted by atomic mass is 16.4. The second-order valence-corrected chi connectivity index (χ2v) is 3.04. The van der Waals surface area contributed by atoms with Crippen LogP contribution in [0.3, 0.4) is 0 Å². The zero-order chi connectivity index (χ0) is 11.3. The number of rotatable bonds is 4. The van der Waals surface area contributed by atoms with Gasteiger partial charge < -0.3 is 5.11 Å². The van der Waals surface area contributed by atoms with Gasteiger partial charge in [0.1, 0.15) is 5.92 Å². The number of anilines is 1. The summed E-state index contributed by atoms with van der Waals surface area (Å²) in [4.78, 5) is 21.7. The van der Waals surface area contributed by atoms with Gasteiger partial charge in [-0.2, -0.15) is 0 Å². The SMILES string of the molecule is CC(C(=O)O)C(=O)NNc1ccccc1. The molecule has 1 rings (SSSR count). The molecule has 0 fully saturated rings. The Balaban J connectivity index is 2.44. The fourth-order valence-corrected chi connectivity index (χ4v) is 0.876. The minimum Gasteiger partial charge on any atom is -0.481 e. The Kier molecular flexibility index (Phi) is 3.68. The third-order valence-corrected chi connectivity index (χ3v) is 1.87. The van der Waals surface area contributed by atoms with E-state index in [1.807, 2.05) is 6.07 Å². The number of carboxylic acids is 1. The van der Waals surface area contributed by atoms with Crippen LogP contribution in [-0.4, -0.2) is 17.0 Å². The second kappa shape index (κ2) is 4.99. The van der Waals surface area contributed by atoms with Gasteiger partial charge in [-0.25, -0.2) is 0 Å². The van der Waals surface area contributed by atoms with Crippen molar-refractivity contribution >= 4 is 17.6 Å². The number of benzene rings is 1. The van der Waals surface area contributed by atoms with Gasteiger partial charge in [-0.15, -0.1) is 0 Å². The number of amides is 1. The molecular weight excluding hydrogens is 196 g/mol. The highest BCUT2D eigenvalue weighted by molar-refractivity contribution is 5.96. The van der Waals surface area contributed by atoms with Gasteiger partial charge >= 0.3 is 5.97 Å². The standard InChI is InChI=1S/C10H12N2O3/c1-7(10(14)15)9(13)12-11-8-5-3-2-4-6-8/h2-7,11H,1H3,(H,12,13)(H,14,15). The normalized spacial score (nSPS) is 11.5. The number of hydrazine groups is 1. The largest absolute Gasteiger partial charge is 0.481 e. The third kappa shape index (κ3) is 3.30. The van der Waals surface area contributed by atoms with Crippen molar-refractivity contribution in [1.29, 1.82) is 0 Å². The molecule has 0 spiro atoms. The molecule has 15 heavy (non-hydrogen) atoms. The molecule has 0 aliphatic rings. The summed E-state index contributed by atoms with van der Waals surface area (Å²) in [5, 5.41) is 8.56. The van der Waals surface area contributed by atoms with Crippen molar-refractivity contribution in [2.24, 2.45) is 5.92 Å². The molecule has 0 bridgehead atoms. The highest BCUT2D eigenvalue weighted by Crippen LogP contribution is 2.03. The first-order chi connectivity index (χ1) is 7.11. The lowest BCUT2D eigenvalue weighted by atomic mass is 10.2. The summed E-state index contributed by atoms with van der Waals surface area (Å²) in [7, 11) is 0. The van der Waals surface area contributed by atoms with Gasteiger partial charge in [0.25, 0.3) is 5.91 Å². The minimum absolute atomic E-state index is 0.577. The lowest BCUT2D eigenvalue weighted by molar-refractivity contribution is -0.145. The summed E-state index contributed by atoms with van der Waals surface area (Å²) < 4.78 is 0. The summed E-state index contributed by atoms with van der Waals surface area (Å²) in [5.74, 6) is -2.80. The first kappa shape index (κ1) is 11.0. The molecule has 5 heteroatoms. The average molecular weight is 208 g/mol. The topological polar surface area (TPSA) is 78.4 Å². The lowest BCUT2D eigenvalue weighted by Crippen LogP contribution is -2.37. The van der Waals surface area contributed by atoms with Gasteiger partial charge in [0, 0.05) is 0 Å². The molecule has 0 heterocycles. The Bertz CT molecular complexity index is 351. The van der Waals surface area contributed by atoms with Crippen LogP contribution in [0.1, 0.15) is 6.92 Å². The van der Waals surface area contributed by atoms with Crippen LogP contribution >= 0.6 is 0 Å². The van der Waals surface area contributed by atoms with Crippen molar-refractivity contribution in [1.82, 2.24) is 5.43 Å². The number of nitrogens with one attached hydrogen (secondary N) is 2. The fraction of sp³-hybridized carbons (Fsp3) is 0.200.